The van der Waals surface area contributed by atoms with Gasteiger partial charge in [0, 0.05) is 0 Å². The summed E-state index contributed by atoms with van der Waals surface area (Å²) < 4.78 is 5.26. The summed E-state index contributed by atoms with van der Waals surface area (Å²) in [7, 11) is 1.56. The SMILES string of the molecule is COC(=O)[C@H]1C[C@@]2(C)C(=CC[C@H]3[C@H]2CC[C@]2(C)[C@@H]([C@@H](C)CCCC(C)C)CC[C@@H]32)C1(C)C. The first kappa shape index (κ1) is 24.3. The molecule has 0 heterocycles. The first-order valence-corrected chi connectivity index (χ1v) is 13.8. The summed E-state index contributed by atoms with van der Waals surface area (Å²) in [6, 6.07) is 0. The molecule has 0 radical (unpaired) electrons. The number of allylic oxidation sites excluding steroid dienone is 2. The van der Waals surface area contributed by atoms with Crippen LogP contribution < -0.4 is 0 Å². The molecule has 8 atom stereocenters. The molecule has 32 heavy (non-hydrogen) atoms. The quantitative estimate of drug-likeness (QED) is 0.307. The van der Waals surface area contributed by atoms with Crippen molar-refractivity contribution in [1.82, 2.24) is 0 Å². The normalized spacial score (nSPS) is 43.3. The molecule has 0 spiro atoms. The summed E-state index contributed by atoms with van der Waals surface area (Å²) in [6.45, 7) is 17.0. The summed E-state index contributed by atoms with van der Waals surface area (Å²) in [5, 5.41) is 0. The Bertz CT molecular complexity index is 748. The number of carbonyl (C=O) groups excluding carboxylic acids is 1. The molecule has 0 aromatic rings. The topological polar surface area (TPSA) is 26.3 Å². The van der Waals surface area contributed by atoms with Crippen molar-refractivity contribution in [2.45, 2.75) is 106 Å². The van der Waals surface area contributed by atoms with E-state index in [1.54, 1.807) is 12.7 Å². The molecule has 182 valence electrons. The van der Waals surface area contributed by atoms with Gasteiger partial charge in [-0.25, -0.2) is 0 Å². The second kappa shape index (κ2) is 8.46. The van der Waals surface area contributed by atoms with Gasteiger partial charge in [-0.3, -0.25) is 4.79 Å². The first-order valence-electron chi connectivity index (χ1n) is 13.8. The third kappa shape index (κ3) is 3.61. The van der Waals surface area contributed by atoms with Crippen LogP contribution in [0.15, 0.2) is 11.6 Å². The third-order valence-electron chi connectivity index (χ3n) is 11.3. The molecule has 2 heteroatoms. The molecule has 0 N–H and O–H groups in total. The highest BCUT2D eigenvalue weighted by Crippen LogP contribution is 2.71. The van der Waals surface area contributed by atoms with Crippen molar-refractivity contribution in [2.75, 3.05) is 7.11 Å². The molecule has 4 rings (SSSR count). The van der Waals surface area contributed by atoms with Crippen LogP contribution in [0.5, 0.6) is 0 Å². The zero-order chi connectivity index (χ0) is 23.5. The Morgan fingerprint density at radius 1 is 1.06 bits per heavy atom. The highest BCUT2D eigenvalue weighted by Gasteiger charge is 2.64. The molecular weight excluding hydrogens is 392 g/mol. The van der Waals surface area contributed by atoms with Gasteiger partial charge in [0.15, 0.2) is 0 Å². The van der Waals surface area contributed by atoms with Crippen LogP contribution in [0.2, 0.25) is 0 Å². The van der Waals surface area contributed by atoms with E-state index in [-0.39, 0.29) is 22.7 Å². The fraction of sp³-hybridized carbons (Fsp3) is 0.900. The highest BCUT2D eigenvalue weighted by atomic mass is 16.5. The lowest BCUT2D eigenvalue weighted by Crippen LogP contribution is -2.49. The second-order valence-corrected chi connectivity index (χ2v) is 13.7. The van der Waals surface area contributed by atoms with Gasteiger partial charge < -0.3 is 4.74 Å². The Balaban J connectivity index is 1.54. The molecule has 3 fully saturated rings. The van der Waals surface area contributed by atoms with E-state index in [2.05, 4.69) is 54.5 Å². The molecule has 0 aromatic heterocycles. The molecule has 0 amide bonds. The number of rotatable bonds is 6. The van der Waals surface area contributed by atoms with Crippen LogP contribution in [0.1, 0.15) is 106 Å². The van der Waals surface area contributed by atoms with Crippen molar-refractivity contribution in [3.63, 3.8) is 0 Å². The Labute approximate surface area is 198 Å². The number of ether oxygens (including phenoxy) is 1. The van der Waals surface area contributed by atoms with Crippen molar-refractivity contribution in [2.24, 2.45) is 57.7 Å². The van der Waals surface area contributed by atoms with Gasteiger partial charge in [0.2, 0.25) is 0 Å². The number of carbonyl (C=O) groups is 1. The smallest absolute Gasteiger partial charge is 0.309 e. The van der Waals surface area contributed by atoms with Crippen LogP contribution in [-0.2, 0) is 9.53 Å². The lowest BCUT2D eigenvalue weighted by molar-refractivity contribution is -0.148. The summed E-state index contributed by atoms with van der Waals surface area (Å²) in [6.07, 6.45) is 14.6. The van der Waals surface area contributed by atoms with Gasteiger partial charge in [-0.1, -0.05) is 79.4 Å². The van der Waals surface area contributed by atoms with Crippen LogP contribution in [0, 0.1) is 57.7 Å². The molecule has 0 aliphatic heterocycles. The molecule has 0 saturated heterocycles. The average Bonchev–Trinajstić information content (AvgIpc) is 3.18. The van der Waals surface area contributed by atoms with Gasteiger partial charge in [-0.2, -0.15) is 0 Å². The Morgan fingerprint density at radius 2 is 1.78 bits per heavy atom. The van der Waals surface area contributed by atoms with Crippen molar-refractivity contribution in [3.05, 3.63) is 11.6 Å². The van der Waals surface area contributed by atoms with Gasteiger partial charge in [-0.05, 0) is 90.3 Å². The maximum atomic E-state index is 12.7. The predicted molar refractivity (Wildman–Crippen MR) is 133 cm³/mol. The summed E-state index contributed by atoms with van der Waals surface area (Å²) >= 11 is 0. The molecule has 0 unspecified atom stereocenters. The Morgan fingerprint density at radius 3 is 2.44 bits per heavy atom. The van der Waals surface area contributed by atoms with Crippen molar-refractivity contribution >= 4 is 5.97 Å². The largest absolute Gasteiger partial charge is 0.469 e. The Kier molecular flexibility index (Phi) is 6.43. The fourth-order valence-corrected chi connectivity index (χ4v) is 9.77. The minimum absolute atomic E-state index is 0.000115. The summed E-state index contributed by atoms with van der Waals surface area (Å²) in [5.41, 5.74) is 2.20. The standard InChI is InChI=1S/C30H50O2/c1-19(2)10-9-11-20(3)22-13-14-23-21-12-15-26-28(4,5)25(27(31)32-8)18-30(26,7)24(21)16-17-29(22,23)6/h15,19-25H,9-14,16-18H2,1-8H3/t20-,21+,22+,23-,24+,25+,29+,30+/m0/s1. The summed E-state index contributed by atoms with van der Waals surface area (Å²) in [5.74, 6) is 5.02. The van der Waals surface area contributed by atoms with E-state index in [4.69, 9.17) is 4.74 Å². The van der Waals surface area contributed by atoms with E-state index in [1.165, 1.54) is 51.4 Å². The maximum Gasteiger partial charge on any atom is 0.309 e. The van der Waals surface area contributed by atoms with Crippen molar-refractivity contribution in [3.8, 4) is 0 Å². The minimum Gasteiger partial charge on any atom is -0.469 e. The summed E-state index contributed by atoms with van der Waals surface area (Å²) in [4.78, 5) is 12.7. The van der Waals surface area contributed by atoms with Crippen molar-refractivity contribution < 1.29 is 9.53 Å². The van der Waals surface area contributed by atoms with E-state index < -0.39 is 0 Å². The zero-order valence-electron chi connectivity index (χ0n) is 22.3. The van der Waals surface area contributed by atoms with Gasteiger partial charge in [0.25, 0.3) is 0 Å². The van der Waals surface area contributed by atoms with Crippen LogP contribution in [0.25, 0.3) is 0 Å². The maximum absolute atomic E-state index is 12.7. The minimum atomic E-state index is -0.0727. The van der Waals surface area contributed by atoms with Gasteiger partial charge in [0.1, 0.15) is 0 Å². The first-order chi connectivity index (χ1) is 15.0. The zero-order valence-corrected chi connectivity index (χ0v) is 22.3. The van der Waals surface area contributed by atoms with Gasteiger partial charge >= 0.3 is 5.97 Å². The molecule has 4 aliphatic carbocycles. The molecule has 3 saturated carbocycles. The molecule has 4 aliphatic rings. The number of hydrogen-bond acceptors (Lipinski definition) is 2. The Hall–Kier alpha value is -0.790. The lowest BCUT2D eigenvalue weighted by Gasteiger charge is -2.56. The number of fused-ring (bicyclic) bond motifs is 5. The van der Waals surface area contributed by atoms with E-state index in [1.807, 2.05) is 0 Å². The number of esters is 1. The van der Waals surface area contributed by atoms with E-state index >= 15 is 0 Å². The second-order valence-electron chi connectivity index (χ2n) is 13.7. The molecule has 0 aromatic carbocycles. The average molecular weight is 443 g/mol. The third-order valence-corrected chi connectivity index (χ3v) is 11.3. The van der Waals surface area contributed by atoms with Crippen LogP contribution >= 0.6 is 0 Å². The van der Waals surface area contributed by atoms with E-state index in [9.17, 15) is 4.79 Å². The van der Waals surface area contributed by atoms with Crippen molar-refractivity contribution in [1.29, 1.82) is 0 Å². The van der Waals surface area contributed by atoms with Crippen LogP contribution in [0.4, 0.5) is 0 Å². The van der Waals surface area contributed by atoms with E-state index in [0.29, 0.717) is 5.41 Å². The molecular formula is C30H50O2. The molecule has 2 nitrogen and oxygen atoms in total. The van der Waals surface area contributed by atoms with Gasteiger partial charge in [0.05, 0.1) is 13.0 Å². The van der Waals surface area contributed by atoms with Crippen LogP contribution in [-0.4, -0.2) is 13.1 Å². The number of hydrogen-bond donors (Lipinski definition) is 0. The van der Waals surface area contributed by atoms with Gasteiger partial charge in [-0.15, -0.1) is 0 Å². The predicted octanol–water partition coefficient (Wildman–Crippen LogP) is 8.06. The number of methoxy groups -OCH3 is 1. The lowest BCUT2D eigenvalue weighted by atomic mass is 9.48. The highest BCUT2D eigenvalue weighted by molar-refractivity contribution is 5.75. The fourth-order valence-electron chi connectivity index (χ4n) is 9.77. The van der Waals surface area contributed by atoms with E-state index in [0.717, 1.165) is 41.9 Å². The monoisotopic (exact) mass is 442 g/mol. The van der Waals surface area contributed by atoms with Crippen LogP contribution in [0.3, 0.4) is 0 Å². The molecule has 0 bridgehead atoms.